The van der Waals surface area contributed by atoms with Crippen LogP contribution in [-0.2, 0) is 45.2 Å². The van der Waals surface area contributed by atoms with Crippen molar-refractivity contribution in [3.05, 3.63) is 70.1 Å². The molecule has 348 valence electrons. The van der Waals surface area contributed by atoms with Gasteiger partial charge in [-0.15, -0.1) is 0 Å². The molecule has 4 N–H and O–H groups in total. The van der Waals surface area contributed by atoms with E-state index in [4.69, 9.17) is 76.5 Å². The second-order valence-electron chi connectivity index (χ2n) is 15.2. The maximum atomic E-state index is 14.3. The van der Waals surface area contributed by atoms with Crippen molar-refractivity contribution in [2.75, 3.05) is 98.6 Å². The standard InChI is InChI=1S/C42H52Cl2N6O13S/c1-42(2)26-61-7-5-49(42)41(52)38-34-24-63-37-21-36(56-3)32(20-33(37)39(34)50(48-38)30-18-28(43)17-29(44)19-30)27-16-31(23-46-22-27)62-15-14-60-13-12-59-11-10-58-9-8-57-6-4-47-40(51)35(45)25-64(53,54)55/h16-23,35H,4-15,24-26,45H2,1-3H3,(H,47,51)(H,53,54,55)/t35-/m0/s1. The third-order valence-electron chi connectivity index (χ3n) is 10.0. The fraction of sp³-hybridized carbons (Fsp3) is 0.476. The first-order valence-corrected chi connectivity index (χ1v) is 22.7. The molecule has 0 saturated carbocycles. The van der Waals surface area contributed by atoms with Gasteiger partial charge in [0.05, 0.1) is 102 Å². The molecule has 0 unspecified atom stereocenters. The molecule has 1 atom stereocenters. The summed E-state index contributed by atoms with van der Waals surface area (Å²) in [4.78, 5) is 32.2. The van der Waals surface area contributed by atoms with E-state index in [0.717, 1.165) is 0 Å². The van der Waals surface area contributed by atoms with E-state index in [1.807, 2.05) is 26.0 Å². The number of fused-ring (bicyclic) bond motifs is 3. The Morgan fingerprint density at radius 1 is 0.922 bits per heavy atom. The fourth-order valence-electron chi connectivity index (χ4n) is 6.96. The third-order valence-corrected chi connectivity index (χ3v) is 11.2. The lowest BCUT2D eigenvalue weighted by molar-refractivity contribution is -0.122. The van der Waals surface area contributed by atoms with Gasteiger partial charge in [0, 0.05) is 57.7 Å². The van der Waals surface area contributed by atoms with Gasteiger partial charge in [-0.25, -0.2) is 4.68 Å². The van der Waals surface area contributed by atoms with Crippen LogP contribution in [0.2, 0.25) is 10.0 Å². The molecule has 64 heavy (non-hydrogen) atoms. The number of hydrogen-bond acceptors (Lipinski definition) is 15. The summed E-state index contributed by atoms with van der Waals surface area (Å²) in [7, 11) is -2.77. The maximum Gasteiger partial charge on any atom is 0.275 e. The number of nitrogens with one attached hydrogen (secondary N) is 1. The number of hydrogen-bond donors (Lipinski definition) is 3. The minimum absolute atomic E-state index is 0.0905. The zero-order valence-electron chi connectivity index (χ0n) is 35.7. The molecule has 0 aliphatic carbocycles. The molecule has 0 spiro atoms. The summed E-state index contributed by atoms with van der Waals surface area (Å²) < 4.78 is 77.9. The van der Waals surface area contributed by atoms with E-state index in [2.05, 4.69) is 10.3 Å². The van der Waals surface area contributed by atoms with Gasteiger partial charge in [-0.2, -0.15) is 13.5 Å². The number of nitrogens with zero attached hydrogens (tertiary/aromatic N) is 4. The topological polar surface area (TPSA) is 234 Å². The number of halogens is 2. The maximum absolute atomic E-state index is 14.3. The lowest BCUT2D eigenvalue weighted by Crippen LogP contribution is -2.55. The van der Waals surface area contributed by atoms with E-state index in [9.17, 15) is 18.0 Å². The molecule has 1 fully saturated rings. The van der Waals surface area contributed by atoms with Crippen LogP contribution >= 0.6 is 23.2 Å². The average molecular weight is 952 g/mol. The molecule has 0 bridgehead atoms. The van der Waals surface area contributed by atoms with Crippen molar-refractivity contribution in [2.24, 2.45) is 5.73 Å². The quantitative estimate of drug-likeness (QED) is 0.0708. The lowest BCUT2D eigenvalue weighted by atomic mass is 9.95. The van der Waals surface area contributed by atoms with Gasteiger partial charge in [0.25, 0.3) is 16.0 Å². The van der Waals surface area contributed by atoms with Crippen molar-refractivity contribution in [1.82, 2.24) is 25.0 Å². The third kappa shape index (κ3) is 13.0. The van der Waals surface area contributed by atoms with E-state index < -0.39 is 33.4 Å². The highest BCUT2D eigenvalue weighted by atomic mass is 35.5. The second kappa shape index (κ2) is 22.5. The molecule has 2 aliphatic heterocycles. The van der Waals surface area contributed by atoms with Crippen molar-refractivity contribution in [3.63, 3.8) is 0 Å². The van der Waals surface area contributed by atoms with Crippen molar-refractivity contribution in [3.8, 4) is 45.3 Å². The Morgan fingerprint density at radius 3 is 2.22 bits per heavy atom. The van der Waals surface area contributed by atoms with Gasteiger partial charge in [-0.1, -0.05) is 23.2 Å². The van der Waals surface area contributed by atoms with Gasteiger partial charge in [0.1, 0.15) is 36.5 Å². The van der Waals surface area contributed by atoms with E-state index in [0.29, 0.717) is 120 Å². The normalized spacial score (nSPS) is 14.9. The Hall–Kier alpha value is -4.61. The first-order valence-electron chi connectivity index (χ1n) is 20.4. The average Bonchev–Trinajstić information content (AvgIpc) is 3.65. The van der Waals surface area contributed by atoms with Crippen LogP contribution in [0.1, 0.15) is 29.9 Å². The summed E-state index contributed by atoms with van der Waals surface area (Å²) >= 11 is 13.0. The number of rotatable bonds is 23. The monoisotopic (exact) mass is 950 g/mol. The van der Waals surface area contributed by atoms with Gasteiger partial charge in [0.15, 0.2) is 5.69 Å². The van der Waals surface area contributed by atoms with Crippen molar-refractivity contribution in [1.29, 1.82) is 0 Å². The zero-order chi connectivity index (χ0) is 45.9. The molecule has 2 aliphatic rings. The molecule has 2 aromatic carbocycles. The summed E-state index contributed by atoms with van der Waals surface area (Å²) in [5.41, 5.74) is 9.05. The number of benzene rings is 2. The van der Waals surface area contributed by atoms with Crippen LogP contribution in [0.4, 0.5) is 0 Å². The molecule has 22 heteroatoms. The Balaban J connectivity index is 1.00. The smallest absolute Gasteiger partial charge is 0.275 e. The van der Waals surface area contributed by atoms with Crippen LogP contribution in [0.15, 0.2) is 48.8 Å². The summed E-state index contributed by atoms with van der Waals surface area (Å²) in [6.45, 7) is 8.07. The summed E-state index contributed by atoms with van der Waals surface area (Å²) in [5.74, 6) is -0.214. The Kier molecular flexibility index (Phi) is 17.2. The van der Waals surface area contributed by atoms with Crippen molar-refractivity contribution < 1.29 is 60.5 Å². The molecule has 2 amide bonds. The van der Waals surface area contributed by atoms with E-state index in [1.54, 1.807) is 53.4 Å². The zero-order valence-corrected chi connectivity index (χ0v) is 38.0. The summed E-state index contributed by atoms with van der Waals surface area (Å²) in [6.07, 6.45) is 3.31. The largest absolute Gasteiger partial charge is 0.496 e. The van der Waals surface area contributed by atoms with Crippen LogP contribution in [-0.4, -0.2) is 155 Å². The number of carbonyl (C=O) groups is 2. The Morgan fingerprint density at radius 2 is 1.58 bits per heavy atom. The summed E-state index contributed by atoms with van der Waals surface area (Å²) in [5, 5.41) is 8.16. The Labute approximate surface area is 381 Å². The number of ether oxygens (including phenoxy) is 8. The Bertz CT molecular complexity index is 2350. The minimum atomic E-state index is -4.35. The molecule has 1 saturated heterocycles. The van der Waals surface area contributed by atoms with Crippen molar-refractivity contribution >= 4 is 45.1 Å². The first-order chi connectivity index (χ1) is 30.6. The number of amides is 2. The highest BCUT2D eigenvalue weighted by molar-refractivity contribution is 7.85. The molecular formula is C42H52Cl2N6O13S. The predicted molar refractivity (Wildman–Crippen MR) is 235 cm³/mol. The predicted octanol–water partition coefficient (Wildman–Crippen LogP) is 3.84. The van der Waals surface area contributed by atoms with Crippen LogP contribution in [0, 0.1) is 0 Å². The molecule has 0 radical (unpaired) electrons. The molecule has 2 aromatic heterocycles. The highest BCUT2D eigenvalue weighted by Crippen LogP contribution is 2.47. The van der Waals surface area contributed by atoms with Crippen LogP contribution in [0.5, 0.6) is 17.2 Å². The van der Waals surface area contributed by atoms with Crippen LogP contribution in [0.25, 0.3) is 28.1 Å². The number of carbonyl (C=O) groups excluding carboxylic acids is 2. The first kappa shape index (κ1) is 48.8. The van der Waals surface area contributed by atoms with Gasteiger partial charge in [-0.05, 0) is 44.2 Å². The molecule has 4 heterocycles. The van der Waals surface area contributed by atoms with Gasteiger partial charge in [-0.3, -0.25) is 19.1 Å². The number of nitrogens with two attached hydrogens (primary N) is 1. The SMILES string of the molecule is COc1cc2c(cc1-c1cncc(OCCOCCOCCOCCOCCNC(=O)[C@@H](N)CS(=O)(=O)O)c1)-c1c(c(C(=O)N3CCOCC3(C)C)nn1-c1cc(Cl)cc(Cl)c1)CO2. The number of methoxy groups -OCH3 is 1. The van der Waals surface area contributed by atoms with Gasteiger partial charge >= 0.3 is 0 Å². The molecule has 4 aromatic rings. The highest BCUT2D eigenvalue weighted by Gasteiger charge is 2.39. The van der Waals surface area contributed by atoms with Crippen LogP contribution in [0.3, 0.4) is 0 Å². The number of morpholine rings is 1. The van der Waals surface area contributed by atoms with Crippen LogP contribution < -0.4 is 25.3 Å². The van der Waals surface area contributed by atoms with E-state index >= 15 is 0 Å². The van der Waals surface area contributed by atoms with Crippen molar-refractivity contribution in [2.45, 2.75) is 32.0 Å². The van der Waals surface area contributed by atoms with E-state index in [-0.39, 0.29) is 44.6 Å². The van der Waals surface area contributed by atoms with Gasteiger partial charge in [0.2, 0.25) is 5.91 Å². The van der Waals surface area contributed by atoms with E-state index in [1.165, 1.54) is 0 Å². The molecule has 19 nitrogen and oxygen atoms in total. The second-order valence-corrected chi connectivity index (χ2v) is 17.6. The lowest BCUT2D eigenvalue weighted by Gasteiger charge is -2.41. The number of pyridine rings is 1. The molecule has 6 rings (SSSR count). The van der Waals surface area contributed by atoms with Gasteiger partial charge < -0.3 is 53.8 Å². The fourth-order valence-corrected chi connectivity index (χ4v) is 8.08. The minimum Gasteiger partial charge on any atom is -0.496 e. The summed E-state index contributed by atoms with van der Waals surface area (Å²) in [6, 6.07) is 9.33. The number of aromatic nitrogens is 3. The molecular weight excluding hydrogens is 899 g/mol.